The SMILES string of the molecule is COc1cc(C=O)c(-c2cc(-c3nccs3)ccc2N)c(CO)c1OC. The molecule has 1 aromatic heterocycles. The van der Waals surface area contributed by atoms with Crippen molar-refractivity contribution in [2.45, 2.75) is 6.61 Å². The van der Waals surface area contributed by atoms with Crippen LogP contribution in [-0.2, 0) is 6.61 Å². The third-order valence-corrected chi connectivity index (χ3v) is 4.91. The van der Waals surface area contributed by atoms with Gasteiger partial charge in [0.15, 0.2) is 17.8 Å². The first kappa shape index (κ1) is 17.9. The molecule has 0 amide bonds. The van der Waals surface area contributed by atoms with Crippen LogP contribution in [0.3, 0.4) is 0 Å². The molecular weight excluding hydrogens is 352 g/mol. The smallest absolute Gasteiger partial charge is 0.166 e. The molecule has 0 bridgehead atoms. The van der Waals surface area contributed by atoms with Crippen LogP contribution in [0.15, 0.2) is 35.8 Å². The summed E-state index contributed by atoms with van der Waals surface area (Å²) in [6, 6.07) is 7.08. The van der Waals surface area contributed by atoms with Gasteiger partial charge in [0, 0.05) is 45.1 Å². The lowest BCUT2D eigenvalue weighted by molar-refractivity contribution is 0.112. The zero-order valence-corrected chi connectivity index (χ0v) is 15.2. The highest BCUT2D eigenvalue weighted by Crippen LogP contribution is 2.43. The minimum atomic E-state index is -0.336. The molecule has 0 radical (unpaired) electrons. The zero-order valence-electron chi connectivity index (χ0n) is 14.4. The van der Waals surface area contributed by atoms with Gasteiger partial charge in [0.2, 0.25) is 0 Å². The number of hydrogen-bond donors (Lipinski definition) is 2. The maximum Gasteiger partial charge on any atom is 0.166 e. The zero-order chi connectivity index (χ0) is 18.7. The van der Waals surface area contributed by atoms with Crippen molar-refractivity contribution >= 4 is 23.3 Å². The first-order chi connectivity index (χ1) is 12.6. The summed E-state index contributed by atoms with van der Waals surface area (Å²) in [5.74, 6) is 0.742. The molecular formula is C19H18N2O4S. The predicted octanol–water partition coefficient (Wildman–Crippen LogP) is 3.38. The number of ether oxygens (including phenoxy) is 2. The fraction of sp³-hybridized carbons (Fsp3) is 0.158. The summed E-state index contributed by atoms with van der Waals surface area (Å²) >= 11 is 1.50. The van der Waals surface area contributed by atoms with Gasteiger partial charge in [0.05, 0.1) is 20.8 Å². The molecule has 0 atom stereocenters. The molecule has 0 fully saturated rings. The standard InChI is InChI=1S/C19H18N2O4S/c1-24-16-8-12(9-22)17(14(10-23)18(16)25-2)13-7-11(3-4-15(13)20)19-21-5-6-26-19/h3-9,23H,10,20H2,1-2H3. The van der Waals surface area contributed by atoms with E-state index in [4.69, 9.17) is 15.2 Å². The molecule has 0 saturated heterocycles. The van der Waals surface area contributed by atoms with Crippen molar-refractivity contribution in [3.63, 3.8) is 0 Å². The average Bonchev–Trinajstić information content (AvgIpc) is 3.21. The fourth-order valence-corrected chi connectivity index (χ4v) is 3.56. The normalized spacial score (nSPS) is 10.6. The van der Waals surface area contributed by atoms with Crippen LogP contribution in [0, 0.1) is 0 Å². The van der Waals surface area contributed by atoms with E-state index in [9.17, 15) is 9.90 Å². The number of nitrogens with zero attached hydrogens (tertiary/aromatic N) is 1. The second kappa shape index (κ2) is 7.55. The Morgan fingerprint density at radius 1 is 1.27 bits per heavy atom. The number of hydrogen-bond acceptors (Lipinski definition) is 7. The van der Waals surface area contributed by atoms with Gasteiger partial charge >= 0.3 is 0 Å². The van der Waals surface area contributed by atoms with Crippen LogP contribution < -0.4 is 15.2 Å². The number of rotatable bonds is 6. The van der Waals surface area contributed by atoms with Crippen LogP contribution in [-0.4, -0.2) is 30.6 Å². The van der Waals surface area contributed by atoms with E-state index < -0.39 is 0 Å². The highest BCUT2D eigenvalue weighted by atomic mass is 32.1. The van der Waals surface area contributed by atoms with Crippen LogP contribution in [0.4, 0.5) is 5.69 Å². The lowest BCUT2D eigenvalue weighted by Gasteiger charge is -2.19. The number of aliphatic hydroxyl groups excluding tert-OH is 1. The van der Waals surface area contributed by atoms with Crippen LogP contribution in [0.1, 0.15) is 15.9 Å². The molecule has 0 unspecified atom stereocenters. The second-order valence-electron chi connectivity index (χ2n) is 5.47. The summed E-state index contributed by atoms with van der Waals surface area (Å²) in [6.45, 7) is -0.336. The quantitative estimate of drug-likeness (QED) is 0.510. The van der Waals surface area contributed by atoms with E-state index in [0.717, 1.165) is 10.6 Å². The lowest BCUT2D eigenvalue weighted by Crippen LogP contribution is -2.04. The summed E-state index contributed by atoms with van der Waals surface area (Å²) in [4.78, 5) is 16.0. The lowest BCUT2D eigenvalue weighted by atomic mass is 9.91. The molecule has 7 heteroatoms. The fourth-order valence-electron chi connectivity index (χ4n) is 2.92. The van der Waals surface area contributed by atoms with Crippen LogP contribution in [0.25, 0.3) is 21.7 Å². The Balaban J connectivity index is 2.32. The van der Waals surface area contributed by atoms with Gasteiger partial charge in [-0.1, -0.05) is 0 Å². The van der Waals surface area contributed by atoms with Crippen molar-refractivity contribution in [3.8, 4) is 33.2 Å². The van der Waals surface area contributed by atoms with Crippen LogP contribution in [0.2, 0.25) is 0 Å². The topological polar surface area (TPSA) is 94.7 Å². The van der Waals surface area contributed by atoms with E-state index in [2.05, 4.69) is 4.98 Å². The van der Waals surface area contributed by atoms with E-state index >= 15 is 0 Å². The molecule has 2 aromatic carbocycles. The number of aliphatic hydroxyl groups is 1. The number of carbonyl (C=O) groups excluding carboxylic acids is 1. The molecule has 0 spiro atoms. The van der Waals surface area contributed by atoms with Crippen LogP contribution >= 0.6 is 11.3 Å². The van der Waals surface area contributed by atoms with Gasteiger partial charge in [0.1, 0.15) is 5.01 Å². The Labute approximate surface area is 154 Å². The Hall–Kier alpha value is -2.90. The third-order valence-electron chi connectivity index (χ3n) is 4.09. The molecule has 1 heterocycles. The minimum Gasteiger partial charge on any atom is -0.493 e. The number of carbonyl (C=O) groups is 1. The molecule has 26 heavy (non-hydrogen) atoms. The van der Waals surface area contributed by atoms with Gasteiger partial charge in [-0.15, -0.1) is 11.3 Å². The van der Waals surface area contributed by atoms with Crippen molar-refractivity contribution in [2.75, 3.05) is 20.0 Å². The van der Waals surface area contributed by atoms with E-state index in [1.807, 2.05) is 17.5 Å². The van der Waals surface area contributed by atoms with Gasteiger partial charge in [0.25, 0.3) is 0 Å². The maximum atomic E-state index is 11.7. The largest absolute Gasteiger partial charge is 0.493 e. The molecule has 3 rings (SSSR count). The van der Waals surface area contributed by atoms with Crippen molar-refractivity contribution in [1.29, 1.82) is 0 Å². The Morgan fingerprint density at radius 3 is 2.65 bits per heavy atom. The summed E-state index contributed by atoms with van der Waals surface area (Å²) < 4.78 is 10.7. The number of nitrogens with two attached hydrogens (primary N) is 1. The Morgan fingerprint density at radius 2 is 2.08 bits per heavy atom. The minimum absolute atomic E-state index is 0.336. The average molecular weight is 370 g/mol. The number of nitrogen functional groups attached to an aromatic ring is 1. The van der Waals surface area contributed by atoms with Gasteiger partial charge in [-0.2, -0.15) is 0 Å². The Kier molecular flexibility index (Phi) is 5.20. The highest BCUT2D eigenvalue weighted by Gasteiger charge is 2.22. The summed E-state index contributed by atoms with van der Waals surface area (Å²) in [5, 5.41) is 12.7. The molecule has 6 nitrogen and oxygen atoms in total. The molecule has 0 aliphatic rings. The van der Waals surface area contributed by atoms with Crippen molar-refractivity contribution in [1.82, 2.24) is 4.98 Å². The van der Waals surface area contributed by atoms with E-state index in [-0.39, 0.29) is 6.61 Å². The van der Waals surface area contributed by atoms with Gasteiger partial charge in [-0.3, -0.25) is 4.79 Å². The van der Waals surface area contributed by atoms with Crippen molar-refractivity contribution in [3.05, 3.63) is 47.0 Å². The predicted molar refractivity (Wildman–Crippen MR) is 102 cm³/mol. The summed E-state index contributed by atoms with van der Waals surface area (Å²) in [5.41, 5.74) is 9.51. The number of thiazole rings is 1. The van der Waals surface area contributed by atoms with Crippen molar-refractivity contribution in [2.24, 2.45) is 0 Å². The first-order valence-electron chi connectivity index (χ1n) is 7.78. The molecule has 3 N–H and O–H groups in total. The van der Waals surface area contributed by atoms with E-state index in [1.54, 1.807) is 18.3 Å². The Bertz CT molecular complexity index is 939. The molecule has 134 valence electrons. The molecule has 3 aromatic rings. The van der Waals surface area contributed by atoms with Gasteiger partial charge < -0.3 is 20.3 Å². The van der Waals surface area contributed by atoms with Crippen LogP contribution in [0.5, 0.6) is 11.5 Å². The highest BCUT2D eigenvalue weighted by molar-refractivity contribution is 7.13. The molecule has 0 saturated carbocycles. The molecule has 0 aliphatic heterocycles. The molecule has 0 aliphatic carbocycles. The maximum absolute atomic E-state index is 11.7. The van der Waals surface area contributed by atoms with Gasteiger partial charge in [-0.25, -0.2) is 4.98 Å². The first-order valence-corrected chi connectivity index (χ1v) is 8.66. The summed E-state index contributed by atoms with van der Waals surface area (Å²) in [6.07, 6.45) is 2.44. The van der Waals surface area contributed by atoms with Gasteiger partial charge in [-0.05, 0) is 24.3 Å². The monoisotopic (exact) mass is 370 g/mol. The number of anilines is 1. The van der Waals surface area contributed by atoms with E-state index in [1.165, 1.54) is 25.6 Å². The second-order valence-corrected chi connectivity index (χ2v) is 6.36. The number of benzene rings is 2. The van der Waals surface area contributed by atoms with Crippen molar-refractivity contribution < 1.29 is 19.4 Å². The van der Waals surface area contributed by atoms with E-state index in [0.29, 0.717) is 45.7 Å². The summed E-state index contributed by atoms with van der Waals surface area (Å²) in [7, 11) is 2.96. The third kappa shape index (κ3) is 3.02. The number of aromatic nitrogens is 1. The number of methoxy groups -OCH3 is 2. The number of aldehydes is 1.